The molecule has 8 nitrogen and oxygen atoms in total. The molecular weight excluding hydrogens is 384 g/mol. The monoisotopic (exact) mass is 410 g/mol. The van der Waals surface area contributed by atoms with Gasteiger partial charge in [-0.2, -0.15) is 0 Å². The highest BCUT2D eigenvalue weighted by atomic mass is 16.5. The maximum absolute atomic E-state index is 11.9. The standard InChI is InChI=1S/C22H26N4O4/c1-12(2)11-28-13(3)21-24-25-22(29-21)16-9-15(10-16)17-18(20(23)27)26-30-19(17)14-7-5-4-6-8-14/h4-8,12-13,15-16H,9-11H2,1-3H3,(H2,23,27). The number of nitrogens with two attached hydrogens (primary N) is 1. The molecule has 2 heterocycles. The first kappa shape index (κ1) is 20.3. The number of ether oxygens (including phenoxy) is 1. The lowest BCUT2D eigenvalue weighted by molar-refractivity contribution is 0.0289. The van der Waals surface area contributed by atoms with E-state index in [1.54, 1.807) is 0 Å². The molecule has 1 aromatic carbocycles. The molecule has 1 aliphatic rings. The van der Waals surface area contributed by atoms with Gasteiger partial charge in [0.05, 0.1) is 0 Å². The van der Waals surface area contributed by atoms with Crippen molar-refractivity contribution < 1.29 is 18.5 Å². The van der Waals surface area contributed by atoms with Gasteiger partial charge >= 0.3 is 0 Å². The lowest BCUT2D eigenvalue weighted by Gasteiger charge is -2.33. The van der Waals surface area contributed by atoms with Gasteiger partial charge in [0.25, 0.3) is 5.91 Å². The quantitative estimate of drug-likeness (QED) is 0.591. The summed E-state index contributed by atoms with van der Waals surface area (Å²) in [7, 11) is 0. The molecule has 0 radical (unpaired) electrons. The van der Waals surface area contributed by atoms with Crippen LogP contribution in [0, 0.1) is 5.92 Å². The average Bonchev–Trinajstić information content (AvgIpc) is 3.34. The summed E-state index contributed by atoms with van der Waals surface area (Å²) in [5.74, 6) is 1.73. The lowest BCUT2D eigenvalue weighted by Crippen LogP contribution is -2.24. The highest BCUT2D eigenvalue weighted by molar-refractivity contribution is 5.94. The van der Waals surface area contributed by atoms with Crippen LogP contribution >= 0.6 is 0 Å². The summed E-state index contributed by atoms with van der Waals surface area (Å²) in [6, 6.07) is 9.60. The number of aromatic nitrogens is 3. The number of benzene rings is 1. The van der Waals surface area contributed by atoms with Gasteiger partial charge in [0.1, 0.15) is 6.10 Å². The molecule has 1 amide bonds. The summed E-state index contributed by atoms with van der Waals surface area (Å²) < 4.78 is 17.1. The molecule has 1 atom stereocenters. The number of nitrogens with zero attached hydrogens (tertiary/aromatic N) is 3. The highest BCUT2D eigenvalue weighted by Crippen LogP contribution is 2.50. The van der Waals surface area contributed by atoms with Crippen molar-refractivity contribution in [2.24, 2.45) is 11.7 Å². The second-order valence-electron chi connectivity index (χ2n) is 8.22. The van der Waals surface area contributed by atoms with E-state index in [1.807, 2.05) is 37.3 Å². The number of hydrogen-bond acceptors (Lipinski definition) is 7. The van der Waals surface area contributed by atoms with Gasteiger partial charge in [0.2, 0.25) is 11.8 Å². The fraction of sp³-hybridized carbons (Fsp3) is 0.455. The van der Waals surface area contributed by atoms with Crippen LogP contribution in [0.25, 0.3) is 11.3 Å². The molecule has 1 unspecified atom stereocenters. The minimum absolute atomic E-state index is 0.0870. The molecule has 30 heavy (non-hydrogen) atoms. The van der Waals surface area contributed by atoms with E-state index in [2.05, 4.69) is 29.2 Å². The molecule has 158 valence electrons. The van der Waals surface area contributed by atoms with E-state index in [1.165, 1.54) is 0 Å². The van der Waals surface area contributed by atoms with Crippen molar-refractivity contribution in [1.29, 1.82) is 0 Å². The normalized spacial score (nSPS) is 19.6. The first-order valence-corrected chi connectivity index (χ1v) is 10.2. The van der Waals surface area contributed by atoms with Gasteiger partial charge in [0, 0.05) is 23.7 Å². The Morgan fingerprint density at radius 1 is 1.17 bits per heavy atom. The molecule has 1 fully saturated rings. The van der Waals surface area contributed by atoms with Crippen LogP contribution in [0.4, 0.5) is 0 Å². The summed E-state index contributed by atoms with van der Waals surface area (Å²) in [6.07, 6.45) is 1.27. The van der Waals surface area contributed by atoms with Crippen LogP contribution in [0.5, 0.6) is 0 Å². The smallest absolute Gasteiger partial charge is 0.271 e. The Morgan fingerprint density at radius 2 is 1.90 bits per heavy atom. The van der Waals surface area contributed by atoms with E-state index in [0.29, 0.717) is 30.1 Å². The van der Waals surface area contributed by atoms with Crippen molar-refractivity contribution >= 4 is 5.91 Å². The Labute approximate surface area is 174 Å². The third-order valence-corrected chi connectivity index (χ3v) is 5.38. The van der Waals surface area contributed by atoms with E-state index < -0.39 is 5.91 Å². The van der Waals surface area contributed by atoms with Crippen LogP contribution in [0.2, 0.25) is 0 Å². The predicted molar refractivity (Wildman–Crippen MR) is 109 cm³/mol. The number of carbonyl (C=O) groups is 1. The van der Waals surface area contributed by atoms with Crippen molar-refractivity contribution in [2.75, 3.05) is 6.61 Å². The molecule has 0 aliphatic heterocycles. The minimum atomic E-state index is -0.587. The zero-order valence-electron chi connectivity index (χ0n) is 17.4. The first-order valence-electron chi connectivity index (χ1n) is 10.2. The zero-order chi connectivity index (χ0) is 21.3. The van der Waals surface area contributed by atoms with E-state index >= 15 is 0 Å². The molecular formula is C22H26N4O4. The first-order chi connectivity index (χ1) is 14.4. The Kier molecular flexibility index (Phi) is 5.67. The van der Waals surface area contributed by atoms with Gasteiger partial charge in [-0.1, -0.05) is 49.3 Å². The Hall–Kier alpha value is -3.00. The van der Waals surface area contributed by atoms with Gasteiger partial charge in [-0.3, -0.25) is 4.79 Å². The summed E-state index contributed by atoms with van der Waals surface area (Å²) in [5, 5.41) is 12.3. The third kappa shape index (κ3) is 4.00. The maximum atomic E-state index is 11.9. The molecule has 0 spiro atoms. The van der Waals surface area contributed by atoms with Crippen LogP contribution in [-0.4, -0.2) is 27.9 Å². The SMILES string of the molecule is CC(C)COC(C)c1nnc(C2CC(c3c(C(N)=O)noc3-c3ccccc3)C2)o1. The lowest BCUT2D eigenvalue weighted by atomic mass is 9.70. The predicted octanol–water partition coefficient (Wildman–Crippen LogP) is 4.22. The summed E-state index contributed by atoms with van der Waals surface area (Å²) in [6.45, 7) is 6.73. The summed E-state index contributed by atoms with van der Waals surface area (Å²) in [4.78, 5) is 11.9. The van der Waals surface area contributed by atoms with Crippen molar-refractivity contribution in [3.05, 3.63) is 53.4 Å². The average molecular weight is 410 g/mol. The second-order valence-corrected chi connectivity index (χ2v) is 8.22. The van der Waals surface area contributed by atoms with Crippen LogP contribution in [0.1, 0.15) is 79.4 Å². The molecule has 0 bridgehead atoms. The van der Waals surface area contributed by atoms with Crippen LogP contribution < -0.4 is 5.73 Å². The zero-order valence-corrected chi connectivity index (χ0v) is 17.4. The topological polar surface area (TPSA) is 117 Å². The van der Waals surface area contributed by atoms with Gasteiger partial charge in [-0.25, -0.2) is 0 Å². The third-order valence-electron chi connectivity index (χ3n) is 5.38. The number of carbonyl (C=O) groups excluding carboxylic acids is 1. The Bertz CT molecular complexity index is 1010. The van der Waals surface area contributed by atoms with Crippen molar-refractivity contribution in [1.82, 2.24) is 15.4 Å². The highest BCUT2D eigenvalue weighted by Gasteiger charge is 2.40. The van der Waals surface area contributed by atoms with Crippen LogP contribution in [0.3, 0.4) is 0 Å². The molecule has 1 aliphatic carbocycles. The number of amides is 1. The van der Waals surface area contributed by atoms with Crippen molar-refractivity contribution in [3.63, 3.8) is 0 Å². The van der Waals surface area contributed by atoms with Gasteiger partial charge in [-0.05, 0) is 31.6 Å². The number of primary amides is 1. The molecule has 4 rings (SSSR count). The van der Waals surface area contributed by atoms with Crippen LogP contribution in [0.15, 0.2) is 39.3 Å². The Balaban J connectivity index is 1.49. The largest absolute Gasteiger partial charge is 0.422 e. The van der Waals surface area contributed by atoms with E-state index in [0.717, 1.165) is 24.0 Å². The molecule has 0 saturated heterocycles. The molecule has 2 N–H and O–H groups in total. The summed E-state index contributed by atoms with van der Waals surface area (Å²) >= 11 is 0. The van der Waals surface area contributed by atoms with Gasteiger partial charge in [-0.15, -0.1) is 10.2 Å². The van der Waals surface area contributed by atoms with Gasteiger partial charge < -0.3 is 19.4 Å². The van der Waals surface area contributed by atoms with Crippen molar-refractivity contribution in [3.8, 4) is 11.3 Å². The summed E-state index contributed by atoms with van der Waals surface area (Å²) in [5.41, 5.74) is 7.36. The second kappa shape index (κ2) is 8.39. The molecule has 1 saturated carbocycles. The van der Waals surface area contributed by atoms with Crippen LogP contribution in [-0.2, 0) is 4.74 Å². The van der Waals surface area contributed by atoms with E-state index in [-0.39, 0.29) is 23.6 Å². The fourth-order valence-electron chi connectivity index (χ4n) is 3.69. The number of hydrogen-bond donors (Lipinski definition) is 1. The Morgan fingerprint density at radius 3 is 2.57 bits per heavy atom. The maximum Gasteiger partial charge on any atom is 0.271 e. The minimum Gasteiger partial charge on any atom is -0.422 e. The van der Waals surface area contributed by atoms with E-state index in [9.17, 15) is 4.79 Å². The molecule has 2 aromatic heterocycles. The fourth-order valence-corrected chi connectivity index (χ4v) is 3.69. The van der Waals surface area contributed by atoms with Gasteiger partial charge in [0.15, 0.2) is 11.5 Å². The van der Waals surface area contributed by atoms with Crippen molar-refractivity contribution in [2.45, 2.75) is 51.6 Å². The van der Waals surface area contributed by atoms with E-state index in [4.69, 9.17) is 19.4 Å². The number of rotatable bonds is 8. The molecule has 3 aromatic rings. The molecule has 8 heteroatoms.